The highest BCUT2D eigenvalue weighted by atomic mass is 79.9. The van der Waals surface area contributed by atoms with Crippen LogP contribution in [0.4, 0.5) is 0 Å². The Balaban J connectivity index is 2.77. The van der Waals surface area contributed by atoms with E-state index in [2.05, 4.69) is 20.9 Å². The first-order chi connectivity index (χ1) is 9.81. The molecule has 0 saturated heterocycles. The smallest absolute Gasteiger partial charge is 0.352 e. The van der Waals surface area contributed by atoms with E-state index in [1.54, 1.807) is 32.0 Å². The van der Waals surface area contributed by atoms with E-state index < -0.39 is 11.7 Å². The Morgan fingerprint density at radius 2 is 2.10 bits per heavy atom. The van der Waals surface area contributed by atoms with Crippen molar-refractivity contribution in [2.24, 2.45) is 0 Å². The Hall–Kier alpha value is -1.66. The molecule has 110 valence electrons. The van der Waals surface area contributed by atoms with Crippen molar-refractivity contribution in [3.8, 4) is 5.69 Å². The fraction of sp³-hybridized carbons (Fsp3) is 0.214. The highest BCUT2D eigenvalue weighted by Crippen LogP contribution is 2.25. The van der Waals surface area contributed by atoms with E-state index in [9.17, 15) is 9.59 Å². The number of carboxylic acids is 1. The van der Waals surface area contributed by atoms with Gasteiger partial charge in [0.25, 0.3) is 0 Å². The van der Waals surface area contributed by atoms with Gasteiger partial charge in [0.1, 0.15) is 0 Å². The predicted molar refractivity (Wildman–Crippen MR) is 83.4 cm³/mol. The molecular formula is C14H12BrClN2O3. The highest BCUT2D eigenvalue weighted by molar-refractivity contribution is 9.10. The standard InChI is InChI=1S/C14H12BrClN2O3/c1-7-10(6-13(19)20)8(2)18(14(21)17-7)12-5-9(16)3-4-11(12)15/h3-5H,6H2,1-2H3,(H,19,20). The third-order valence-corrected chi connectivity index (χ3v) is 4.05. The van der Waals surface area contributed by atoms with E-state index in [4.69, 9.17) is 16.7 Å². The van der Waals surface area contributed by atoms with Crippen molar-refractivity contribution in [3.63, 3.8) is 0 Å². The minimum atomic E-state index is -0.974. The van der Waals surface area contributed by atoms with Crippen LogP contribution in [0.25, 0.3) is 5.69 Å². The van der Waals surface area contributed by atoms with Gasteiger partial charge < -0.3 is 5.11 Å². The summed E-state index contributed by atoms with van der Waals surface area (Å²) in [5, 5.41) is 9.47. The molecule has 0 atom stereocenters. The number of nitrogens with zero attached hydrogens (tertiary/aromatic N) is 2. The van der Waals surface area contributed by atoms with Gasteiger partial charge in [-0.2, -0.15) is 4.98 Å². The van der Waals surface area contributed by atoms with Crippen molar-refractivity contribution in [1.29, 1.82) is 0 Å². The number of hydrogen-bond acceptors (Lipinski definition) is 3. The van der Waals surface area contributed by atoms with Gasteiger partial charge in [-0.3, -0.25) is 9.36 Å². The van der Waals surface area contributed by atoms with E-state index in [0.29, 0.717) is 32.1 Å². The topological polar surface area (TPSA) is 72.2 Å². The fourth-order valence-corrected chi connectivity index (χ4v) is 2.74. The van der Waals surface area contributed by atoms with Gasteiger partial charge in [-0.1, -0.05) is 11.6 Å². The van der Waals surface area contributed by atoms with Crippen LogP contribution in [0.15, 0.2) is 27.5 Å². The van der Waals surface area contributed by atoms with Crippen molar-refractivity contribution in [2.45, 2.75) is 20.3 Å². The number of rotatable bonds is 3. The van der Waals surface area contributed by atoms with Gasteiger partial charge in [0.15, 0.2) is 0 Å². The van der Waals surface area contributed by atoms with Crippen LogP contribution in [0, 0.1) is 13.8 Å². The second kappa shape index (κ2) is 5.99. The van der Waals surface area contributed by atoms with Crippen LogP contribution in [0.2, 0.25) is 5.02 Å². The molecule has 21 heavy (non-hydrogen) atoms. The summed E-state index contributed by atoms with van der Waals surface area (Å²) in [6, 6.07) is 5.04. The Morgan fingerprint density at radius 3 is 2.71 bits per heavy atom. The first-order valence-corrected chi connectivity index (χ1v) is 7.24. The van der Waals surface area contributed by atoms with Crippen LogP contribution in [0.1, 0.15) is 17.0 Å². The molecule has 0 bridgehead atoms. The van der Waals surface area contributed by atoms with Crippen LogP contribution < -0.4 is 5.69 Å². The molecule has 7 heteroatoms. The lowest BCUT2D eigenvalue weighted by molar-refractivity contribution is -0.136. The van der Waals surface area contributed by atoms with Gasteiger partial charge in [-0.05, 0) is 48.0 Å². The van der Waals surface area contributed by atoms with Crippen LogP contribution in [-0.4, -0.2) is 20.6 Å². The summed E-state index contributed by atoms with van der Waals surface area (Å²) in [6.45, 7) is 3.33. The molecular weight excluding hydrogens is 360 g/mol. The maximum Gasteiger partial charge on any atom is 0.352 e. The van der Waals surface area contributed by atoms with Gasteiger partial charge in [0.05, 0.1) is 12.1 Å². The van der Waals surface area contributed by atoms with Gasteiger partial charge >= 0.3 is 11.7 Å². The summed E-state index contributed by atoms with van der Waals surface area (Å²) in [5.41, 5.74) is 1.55. The average Bonchev–Trinajstić information content (AvgIpc) is 2.38. The first-order valence-electron chi connectivity index (χ1n) is 6.07. The quantitative estimate of drug-likeness (QED) is 0.900. The fourth-order valence-electron chi connectivity index (χ4n) is 2.15. The Morgan fingerprint density at radius 1 is 1.43 bits per heavy atom. The Bertz CT molecular complexity index is 787. The molecule has 0 amide bonds. The third kappa shape index (κ3) is 3.16. The third-order valence-electron chi connectivity index (χ3n) is 3.14. The predicted octanol–water partition coefficient (Wildman–Crippen LogP) is 2.89. The number of halogens is 2. The van der Waals surface area contributed by atoms with E-state index in [-0.39, 0.29) is 6.42 Å². The molecule has 5 nitrogen and oxygen atoms in total. The normalized spacial score (nSPS) is 10.7. The summed E-state index contributed by atoms with van der Waals surface area (Å²) in [6.07, 6.45) is -0.191. The highest BCUT2D eigenvalue weighted by Gasteiger charge is 2.16. The minimum Gasteiger partial charge on any atom is -0.481 e. The van der Waals surface area contributed by atoms with E-state index in [1.165, 1.54) is 4.57 Å². The van der Waals surface area contributed by atoms with Crippen molar-refractivity contribution in [3.05, 3.63) is 55.1 Å². The second-order valence-electron chi connectivity index (χ2n) is 4.55. The van der Waals surface area contributed by atoms with Crippen LogP contribution in [0.3, 0.4) is 0 Å². The van der Waals surface area contributed by atoms with Crippen molar-refractivity contribution in [2.75, 3.05) is 0 Å². The van der Waals surface area contributed by atoms with E-state index >= 15 is 0 Å². The molecule has 0 aliphatic heterocycles. The number of aryl methyl sites for hydroxylation is 1. The molecule has 2 aromatic rings. The molecule has 0 aliphatic carbocycles. The number of carboxylic acid groups (broad SMARTS) is 1. The van der Waals surface area contributed by atoms with Gasteiger partial charge in [0.2, 0.25) is 0 Å². The number of aliphatic carboxylic acids is 1. The minimum absolute atomic E-state index is 0.191. The number of aromatic nitrogens is 2. The van der Waals surface area contributed by atoms with Crippen molar-refractivity contribution in [1.82, 2.24) is 9.55 Å². The summed E-state index contributed by atoms with van der Waals surface area (Å²) in [4.78, 5) is 27.1. The lowest BCUT2D eigenvalue weighted by Crippen LogP contribution is -2.27. The van der Waals surface area contributed by atoms with Crippen LogP contribution >= 0.6 is 27.5 Å². The van der Waals surface area contributed by atoms with Crippen molar-refractivity contribution < 1.29 is 9.90 Å². The monoisotopic (exact) mass is 370 g/mol. The molecule has 2 rings (SSSR count). The molecule has 1 aromatic carbocycles. The molecule has 0 aliphatic rings. The molecule has 0 fully saturated rings. The van der Waals surface area contributed by atoms with E-state index in [0.717, 1.165) is 0 Å². The molecule has 0 radical (unpaired) electrons. The molecule has 0 spiro atoms. The number of benzene rings is 1. The Kier molecular flexibility index (Phi) is 4.49. The van der Waals surface area contributed by atoms with Crippen LogP contribution in [0.5, 0.6) is 0 Å². The average molecular weight is 372 g/mol. The first kappa shape index (κ1) is 15.7. The lowest BCUT2D eigenvalue weighted by Gasteiger charge is -2.16. The van der Waals surface area contributed by atoms with Gasteiger partial charge in [-0.15, -0.1) is 0 Å². The second-order valence-corrected chi connectivity index (χ2v) is 5.84. The van der Waals surface area contributed by atoms with Gasteiger partial charge in [0, 0.05) is 26.4 Å². The molecule has 1 aromatic heterocycles. The zero-order chi connectivity index (χ0) is 15.7. The summed E-state index contributed by atoms with van der Waals surface area (Å²) in [7, 11) is 0. The zero-order valence-electron chi connectivity index (χ0n) is 11.4. The largest absolute Gasteiger partial charge is 0.481 e. The molecule has 0 unspecified atom stereocenters. The maximum atomic E-state index is 12.2. The van der Waals surface area contributed by atoms with E-state index in [1.807, 2.05) is 0 Å². The molecule has 1 N–H and O–H groups in total. The van der Waals surface area contributed by atoms with Crippen molar-refractivity contribution >= 4 is 33.5 Å². The van der Waals surface area contributed by atoms with Crippen LogP contribution in [-0.2, 0) is 11.2 Å². The number of hydrogen-bond donors (Lipinski definition) is 1. The SMILES string of the molecule is Cc1nc(=O)n(-c2cc(Cl)ccc2Br)c(C)c1CC(=O)O. The zero-order valence-corrected chi connectivity index (χ0v) is 13.7. The summed E-state index contributed by atoms with van der Waals surface area (Å²) < 4.78 is 2.03. The van der Waals surface area contributed by atoms with Gasteiger partial charge in [-0.25, -0.2) is 4.79 Å². The molecule has 1 heterocycles. The molecule has 0 saturated carbocycles. The number of carbonyl (C=O) groups is 1. The lowest BCUT2D eigenvalue weighted by atomic mass is 10.1. The Labute approximate surface area is 134 Å². The summed E-state index contributed by atoms with van der Waals surface area (Å²) in [5.74, 6) is -0.974. The maximum absolute atomic E-state index is 12.2. The summed E-state index contributed by atoms with van der Waals surface area (Å²) >= 11 is 9.34.